The topological polar surface area (TPSA) is 63.7 Å². The quantitative estimate of drug-likeness (QED) is 0.790. The molecule has 1 amide bonds. The van der Waals surface area contributed by atoms with E-state index in [-0.39, 0.29) is 24.4 Å². The molecule has 0 radical (unpaired) electrons. The van der Waals surface area contributed by atoms with Gasteiger partial charge in [0.05, 0.1) is 18.6 Å². The summed E-state index contributed by atoms with van der Waals surface area (Å²) in [6.07, 6.45) is -0.189. The number of ether oxygens (including phenoxy) is 1. The van der Waals surface area contributed by atoms with Crippen LogP contribution in [0.4, 0.5) is 18.4 Å². The van der Waals surface area contributed by atoms with E-state index >= 15 is 0 Å². The number of amides is 1. The molecule has 21 heavy (non-hydrogen) atoms. The highest BCUT2D eigenvalue weighted by Gasteiger charge is 2.35. The molecule has 1 aliphatic rings. The number of methoxy groups -OCH3 is 1. The lowest BCUT2D eigenvalue weighted by atomic mass is 10.1. The van der Waals surface area contributed by atoms with Gasteiger partial charge in [0.1, 0.15) is 5.75 Å². The van der Waals surface area contributed by atoms with E-state index in [1.165, 1.54) is 7.11 Å². The van der Waals surface area contributed by atoms with Gasteiger partial charge in [-0.25, -0.2) is 8.78 Å². The van der Waals surface area contributed by atoms with Crippen LogP contribution < -0.4 is 9.64 Å². The molecule has 5 nitrogen and oxygen atoms in total. The third kappa shape index (κ3) is 3.46. The maximum absolute atomic E-state index is 13.3. The van der Waals surface area contributed by atoms with Crippen LogP contribution in [0.15, 0.2) is 12.1 Å². The van der Waals surface area contributed by atoms with Crippen LogP contribution in [0, 0.1) is 17.6 Å². The number of anilines is 1. The molecule has 116 valence electrons. The smallest absolute Gasteiger partial charge is 0.302 e. The molecule has 0 spiro atoms. The second-order valence-corrected chi connectivity index (χ2v) is 6.13. The predicted molar refractivity (Wildman–Crippen MR) is 68.3 cm³/mol. The second kappa shape index (κ2) is 5.55. The van der Waals surface area contributed by atoms with Crippen LogP contribution >= 0.6 is 0 Å². The maximum Gasteiger partial charge on any atom is 0.302 e. The number of benzene rings is 1. The van der Waals surface area contributed by atoms with Crippen LogP contribution in [0.1, 0.15) is 6.42 Å². The van der Waals surface area contributed by atoms with Crippen molar-refractivity contribution in [2.45, 2.75) is 6.42 Å². The monoisotopic (exact) mass is 323 g/mol. The molecule has 1 aliphatic heterocycles. The van der Waals surface area contributed by atoms with Crippen LogP contribution in [0.2, 0.25) is 0 Å². The number of carbonyl (C=O) groups excluding carboxylic acids is 1. The first-order valence-electron chi connectivity index (χ1n) is 5.97. The van der Waals surface area contributed by atoms with E-state index in [9.17, 15) is 25.9 Å². The number of rotatable bonds is 4. The minimum absolute atomic E-state index is 0.0137. The molecule has 9 heteroatoms. The van der Waals surface area contributed by atoms with Crippen molar-refractivity contribution in [3.05, 3.63) is 23.8 Å². The van der Waals surface area contributed by atoms with E-state index in [0.717, 1.165) is 17.0 Å². The Morgan fingerprint density at radius 3 is 2.52 bits per heavy atom. The van der Waals surface area contributed by atoms with Crippen molar-refractivity contribution in [3.63, 3.8) is 0 Å². The van der Waals surface area contributed by atoms with Crippen LogP contribution in [0.25, 0.3) is 0 Å². The minimum Gasteiger partial charge on any atom is -0.494 e. The molecule has 0 saturated carbocycles. The Kier molecular flexibility index (Phi) is 4.13. The molecule has 2 rings (SSSR count). The number of hydrogen-bond donors (Lipinski definition) is 0. The summed E-state index contributed by atoms with van der Waals surface area (Å²) in [5.74, 6) is -4.41. The molecule has 1 atom stereocenters. The van der Waals surface area contributed by atoms with E-state index in [2.05, 4.69) is 0 Å². The molecule has 1 fully saturated rings. The van der Waals surface area contributed by atoms with Crippen molar-refractivity contribution in [1.29, 1.82) is 0 Å². The van der Waals surface area contributed by atoms with Crippen LogP contribution in [-0.4, -0.2) is 33.7 Å². The van der Waals surface area contributed by atoms with Crippen molar-refractivity contribution in [3.8, 4) is 5.75 Å². The van der Waals surface area contributed by atoms with Gasteiger partial charge in [0.2, 0.25) is 5.91 Å². The summed E-state index contributed by atoms with van der Waals surface area (Å²) in [5.41, 5.74) is -0.0137. The average Bonchev–Trinajstić information content (AvgIpc) is 2.70. The summed E-state index contributed by atoms with van der Waals surface area (Å²) in [6, 6.07) is 1.58. The highest BCUT2D eigenvalue weighted by atomic mass is 32.3. The molecule has 1 unspecified atom stereocenters. The van der Waals surface area contributed by atoms with Gasteiger partial charge in [0.15, 0.2) is 11.6 Å². The van der Waals surface area contributed by atoms with E-state index in [4.69, 9.17) is 4.74 Å². The highest BCUT2D eigenvalue weighted by Crippen LogP contribution is 2.35. The van der Waals surface area contributed by atoms with Crippen molar-refractivity contribution >= 4 is 21.8 Å². The molecular formula is C12H12F3NO4S. The number of nitrogens with zero attached hydrogens (tertiary/aromatic N) is 1. The third-order valence-corrected chi connectivity index (χ3v) is 4.02. The van der Waals surface area contributed by atoms with E-state index in [1.807, 2.05) is 0 Å². The van der Waals surface area contributed by atoms with Crippen LogP contribution in [0.3, 0.4) is 0 Å². The van der Waals surface area contributed by atoms with Crippen molar-refractivity contribution in [1.82, 2.24) is 0 Å². The zero-order valence-corrected chi connectivity index (χ0v) is 11.8. The summed E-state index contributed by atoms with van der Waals surface area (Å²) in [4.78, 5) is 12.9. The standard InChI is InChI=1S/C12H12F3NO4S/c1-20-11-4-9(14)8(13)3-10(11)16-5-7(2-12(16)17)6-21(15,18)19/h3-4,7H,2,5-6H2,1H3. The van der Waals surface area contributed by atoms with Gasteiger partial charge in [-0.2, -0.15) is 8.42 Å². The van der Waals surface area contributed by atoms with Crippen LogP contribution in [-0.2, 0) is 15.0 Å². The number of hydrogen-bond acceptors (Lipinski definition) is 4. The number of carbonyl (C=O) groups is 1. The third-order valence-electron chi connectivity index (χ3n) is 3.15. The lowest BCUT2D eigenvalue weighted by Crippen LogP contribution is -2.26. The SMILES string of the molecule is COc1cc(F)c(F)cc1N1CC(CS(=O)(=O)F)CC1=O. The summed E-state index contributed by atoms with van der Waals surface area (Å²) >= 11 is 0. The van der Waals surface area contributed by atoms with Gasteiger partial charge in [-0.1, -0.05) is 0 Å². The second-order valence-electron chi connectivity index (χ2n) is 4.72. The molecule has 1 aromatic rings. The zero-order chi connectivity index (χ0) is 15.8. The molecule has 0 aliphatic carbocycles. The fourth-order valence-electron chi connectivity index (χ4n) is 2.30. The normalized spacial score (nSPS) is 19.1. The first-order valence-corrected chi connectivity index (χ1v) is 7.52. The van der Waals surface area contributed by atoms with Gasteiger partial charge in [-0.15, -0.1) is 3.89 Å². The molecule has 0 N–H and O–H groups in total. The van der Waals surface area contributed by atoms with Crippen molar-refractivity contribution < 1.29 is 30.6 Å². The van der Waals surface area contributed by atoms with Gasteiger partial charge in [0.25, 0.3) is 0 Å². The minimum atomic E-state index is -4.71. The summed E-state index contributed by atoms with van der Waals surface area (Å²) in [6.45, 7) is -0.108. The first-order chi connectivity index (χ1) is 9.71. The predicted octanol–water partition coefficient (Wildman–Crippen LogP) is 1.63. The Morgan fingerprint density at radius 1 is 1.33 bits per heavy atom. The van der Waals surface area contributed by atoms with E-state index < -0.39 is 39.4 Å². The first kappa shape index (κ1) is 15.6. The van der Waals surface area contributed by atoms with E-state index in [0.29, 0.717) is 0 Å². The lowest BCUT2D eigenvalue weighted by molar-refractivity contribution is -0.117. The van der Waals surface area contributed by atoms with Gasteiger partial charge in [-0.05, 0) is 0 Å². The fraction of sp³-hybridized carbons (Fsp3) is 0.417. The van der Waals surface area contributed by atoms with Gasteiger partial charge in [-0.3, -0.25) is 4.79 Å². The zero-order valence-electron chi connectivity index (χ0n) is 11.0. The van der Waals surface area contributed by atoms with Gasteiger partial charge in [0, 0.05) is 31.0 Å². The van der Waals surface area contributed by atoms with Crippen molar-refractivity contribution in [2.75, 3.05) is 24.3 Å². The lowest BCUT2D eigenvalue weighted by Gasteiger charge is -2.19. The maximum atomic E-state index is 13.3. The molecule has 1 saturated heterocycles. The van der Waals surface area contributed by atoms with Crippen molar-refractivity contribution in [2.24, 2.45) is 5.92 Å². The molecule has 0 bridgehead atoms. The molecule has 1 aromatic carbocycles. The Bertz CT molecular complexity index is 677. The largest absolute Gasteiger partial charge is 0.494 e. The highest BCUT2D eigenvalue weighted by molar-refractivity contribution is 7.86. The van der Waals surface area contributed by atoms with Gasteiger partial charge < -0.3 is 9.64 Å². The fourth-order valence-corrected chi connectivity index (χ4v) is 3.09. The van der Waals surface area contributed by atoms with E-state index in [1.54, 1.807) is 0 Å². The summed E-state index contributed by atoms with van der Waals surface area (Å²) < 4.78 is 65.3. The van der Waals surface area contributed by atoms with Gasteiger partial charge >= 0.3 is 10.2 Å². The molecule has 0 aromatic heterocycles. The summed E-state index contributed by atoms with van der Waals surface area (Å²) in [5, 5.41) is 0. The Labute approximate surface area is 119 Å². The Morgan fingerprint density at radius 2 is 1.95 bits per heavy atom. The Balaban J connectivity index is 2.31. The number of halogens is 3. The molecular weight excluding hydrogens is 311 g/mol. The average molecular weight is 323 g/mol. The summed E-state index contributed by atoms with van der Waals surface area (Å²) in [7, 11) is -3.49. The Hall–Kier alpha value is -1.77. The molecule has 1 heterocycles. The van der Waals surface area contributed by atoms with Crippen LogP contribution in [0.5, 0.6) is 5.75 Å².